The summed E-state index contributed by atoms with van der Waals surface area (Å²) < 4.78 is 54.6. The first-order valence-corrected chi connectivity index (χ1v) is 12.2. The molecule has 1 aromatic heterocycles. The molecule has 28 heavy (non-hydrogen) atoms. The second kappa shape index (κ2) is 7.35. The van der Waals surface area contributed by atoms with Gasteiger partial charge in [-0.15, -0.1) is 0 Å². The number of aromatic nitrogens is 1. The van der Waals surface area contributed by atoms with Crippen molar-refractivity contribution >= 4 is 30.9 Å². The van der Waals surface area contributed by atoms with Crippen molar-refractivity contribution < 1.29 is 16.8 Å². The molecular formula is C20H22N2O4S2. The van der Waals surface area contributed by atoms with Crippen molar-refractivity contribution in [3.63, 3.8) is 0 Å². The van der Waals surface area contributed by atoms with E-state index in [1.54, 1.807) is 52.8 Å². The van der Waals surface area contributed by atoms with Crippen LogP contribution in [0.3, 0.4) is 0 Å². The SMILES string of the molecule is O=S(=O)(c1ccc2c(ccn2S(=O)(=O)c2ccccc2)c1)N1CCCCCC1. The van der Waals surface area contributed by atoms with E-state index in [0.29, 0.717) is 24.0 Å². The fourth-order valence-corrected chi connectivity index (χ4v) is 6.53. The fraction of sp³-hybridized carbons (Fsp3) is 0.300. The Hall–Kier alpha value is -2.16. The molecule has 0 unspecified atom stereocenters. The van der Waals surface area contributed by atoms with Crippen molar-refractivity contribution in [2.75, 3.05) is 13.1 Å². The Morgan fingerprint density at radius 1 is 0.679 bits per heavy atom. The van der Waals surface area contributed by atoms with Gasteiger partial charge in [-0.2, -0.15) is 4.31 Å². The molecule has 1 saturated heterocycles. The Morgan fingerprint density at radius 2 is 1.36 bits per heavy atom. The minimum atomic E-state index is -3.74. The first-order chi connectivity index (χ1) is 13.4. The van der Waals surface area contributed by atoms with Crippen LogP contribution in [0.2, 0.25) is 0 Å². The molecule has 0 N–H and O–H groups in total. The Morgan fingerprint density at radius 3 is 2.04 bits per heavy atom. The normalized spacial score (nSPS) is 16.9. The van der Waals surface area contributed by atoms with Crippen LogP contribution < -0.4 is 0 Å². The molecule has 0 amide bonds. The highest BCUT2D eigenvalue weighted by molar-refractivity contribution is 7.90. The van der Waals surface area contributed by atoms with Crippen molar-refractivity contribution in [3.05, 3.63) is 60.8 Å². The van der Waals surface area contributed by atoms with Gasteiger partial charge in [0.15, 0.2) is 0 Å². The Balaban J connectivity index is 1.74. The number of nitrogens with zero attached hydrogens (tertiary/aromatic N) is 2. The molecule has 8 heteroatoms. The molecule has 2 heterocycles. The lowest BCUT2D eigenvalue weighted by atomic mass is 10.2. The third kappa shape index (κ3) is 3.36. The summed E-state index contributed by atoms with van der Waals surface area (Å²) in [7, 11) is -7.32. The van der Waals surface area contributed by atoms with Crippen LogP contribution in [0.25, 0.3) is 10.9 Å². The lowest BCUT2D eigenvalue weighted by Crippen LogP contribution is -2.31. The average Bonchev–Trinajstić information content (AvgIpc) is 2.93. The second-order valence-electron chi connectivity index (χ2n) is 6.97. The molecule has 148 valence electrons. The number of rotatable bonds is 4. The van der Waals surface area contributed by atoms with E-state index in [9.17, 15) is 16.8 Å². The lowest BCUT2D eigenvalue weighted by molar-refractivity contribution is 0.424. The molecule has 4 rings (SSSR count). The maximum absolute atomic E-state index is 13.0. The standard InChI is InChI=1S/C20H22N2O4S2/c23-27(24,21-13-6-1-2-7-14-21)19-10-11-20-17(16-19)12-15-22(20)28(25,26)18-8-4-3-5-9-18/h3-5,8-12,15-16H,1-2,6-7,13-14H2. The smallest absolute Gasteiger partial charge is 0.241 e. The molecule has 2 aromatic carbocycles. The Labute approximate surface area is 165 Å². The van der Waals surface area contributed by atoms with E-state index in [1.807, 2.05) is 0 Å². The van der Waals surface area contributed by atoms with E-state index >= 15 is 0 Å². The molecule has 0 atom stereocenters. The average molecular weight is 419 g/mol. The van der Waals surface area contributed by atoms with E-state index in [4.69, 9.17) is 0 Å². The van der Waals surface area contributed by atoms with Gasteiger partial charge < -0.3 is 0 Å². The van der Waals surface area contributed by atoms with Crippen LogP contribution in [-0.4, -0.2) is 38.2 Å². The van der Waals surface area contributed by atoms with Crippen molar-refractivity contribution in [1.82, 2.24) is 8.28 Å². The predicted molar refractivity (Wildman–Crippen MR) is 108 cm³/mol. The summed E-state index contributed by atoms with van der Waals surface area (Å²) in [5.41, 5.74) is 0.457. The van der Waals surface area contributed by atoms with Gasteiger partial charge in [-0.3, -0.25) is 0 Å². The zero-order chi connectivity index (χ0) is 19.8. The minimum Gasteiger partial charge on any atom is -0.241 e. The monoisotopic (exact) mass is 418 g/mol. The first kappa shape index (κ1) is 19.2. The summed E-state index contributed by atoms with van der Waals surface area (Å²) in [4.78, 5) is 0.394. The van der Waals surface area contributed by atoms with Gasteiger partial charge >= 0.3 is 0 Å². The first-order valence-electron chi connectivity index (χ1n) is 9.33. The van der Waals surface area contributed by atoms with Crippen molar-refractivity contribution in [1.29, 1.82) is 0 Å². The van der Waals surface area contributed by atoms with E-state index in [-0.39, 0.29) is 9.79 Å². The third-order valence-corrected chi connectivity index (χ3v) is 8.73. The van der Waals surface area contributed by atoms with Crippen molar-refractivity contribution in [2.24, 2.45) is 0 Å². The van der Waals surface area contributed by atoms with Crippen LogP contribution in [0.1, 0.15) is 25.7 Å². The van der Waals surface area contributed by atoms with E-state index in [1.165, 1.54) is 16.2 Å². The van der Waals surface area contributed by atoms with Gasteiger partial charge in [0.1, 0.15) is 0 Å². The predicted octanol–water partition coefficient (Wildman–Crippen LogP) is 3.44. The molecule has 0 saturated carbocycles. The third-order valence-electron chi connectivity index (χ3n) is 5.13. The van der Waals surface area contributed by atoms with Crippen LogP contribution in [0.5, 0.6) is 0 Å². The molecule has 0 aliphatic carbocycles. The lowest BCUT2D eigenvalue weighted by Gasteiger charge is -2.20. The molecule has 1 aliphatic heterocycles. The number of hydrogen-bond acceptors (Lipinski definition) is 4. The van der Waals surface area contributed by atoms with Crippen LogP contribution in [-0.2, 0) is 20.0 Å². The van der Waals surface area contributed by atoms with Crippen LogP contribution in [0, 0.1) is 0 Å². The maximum Gasteiger partial charge on any atom is 0.268 e. The van der Waals surface area contributed by atoms with Crippen LogP contribution >= 0.6 is 0 Å². The fourth-order valence-electron chi connectivity index (χ4n) is 3.60. The van der Waals surface area contributed by atoms with E-state index in [0.717, 1.165) is 25.7 Å². The van der Waals surface area contributed by atoms with Gasteiger partial charge in [-0.1, -0.05) is 31.0 Å². The highest BCUT2D eigenvalue weighted by Gasteiger charge is 2.26. The molecule has 0 spiro atoms. The zero-order valence-corrected chi connectivity index (χ0v) is 17.0. The van der Waals surface area contributed by atoms with Gasteiger partial charge in [-0.05, 0) is 49.2 Å². The topological polar surface area (TPSA) is 76.5 Å². The van der Waals surface area contributed by atoms with Gasteiger partial charge in [0, 0.05) is 24.7 Å². The quantitative estimate of drug-likeness (QED) is 0.650. The Bertz CT molecular complexity index is 1190. The highest BCUT2D eigenvalue weighted by Crippen LogP contribution is 2.27. The van der Waals surface area contributed by atoms with Gasteiger partial charge in [0.05, 0.1) is 15.3 Å². The summed E-state index contributed by atoms with van der Waals surface area (Å²) in [6.45, 7) is 1.06. The molecule has 1 fully saturated rings. The highest BCUT2D eigenvalue weighted by atomic mass is 32.2. The number of hydrogen-bond donors (Lipinski definition) is 0. The van der Waals surface area contributed by atoms with Crippen molar-refractivity contribution in [3.8, 4) is 0 Å². The second-order valence-corrected chi connectivity index (χ2v) is 10.7. The molecule has 0 bridgehead atoms. The molecule has 1 aliphatic rings. The van der Waals surface area contributed by atoms with Gasteiger partial charge in [0.25, 0.3) is 10.0 Å². The maximum atomic E-state index is 13.0. The van der Waals surface area contributed by atoms with Gasteiger partial charge in [-0.25, -0.2) is 20.8 Å². The number of benzene rings is 2. The Kier molecular flexibility index (Phi) is 5.03. The summed E-state index contributed by atoms with van der Waals surface area (Å²) in [5, 5.41) is 0.579. The molecular weight excluding hydrogens is 396 g/mol. The molecule has 0 radical (unpaired) electrons. The van der Waals surface area contributed by atoms with E-state index < -0.39 is 20.0 Å². The van der Waals surface area contributed by atoms with Crippen molar-refractivity contribution in [2.45, 2.75) is 35.5 Å². The van der Waals surface area contributed by atoms with Gasteiger partial charge in [0.2, 0.25) is 10.0 Å². The number of fused-ring (bicyclic) bond motifs is 1. The van der Waals surface area contributed by atoms with E-state index in [2.05, 4.69) is 0 Å². The summed E-state index contributed by atoms with van der Waals surface area (Å²) in [6.07, 6.45) is 5.30. The summed E-state index contributed by atoms with van der Waals surface area (Å²) in [5.74, 6) is 0. The minimum absolute atomic E-state index is 0.189. The molecule has 3 aromatic rings. The van der Waals surface area contributed by atoms with Crippen LogP contribution in [0.4, 0.5) is 0 Å². The largest absolute Gasteiger partial charge is 0.268 e. The summed E-state index contributed by atoms with van der Waals surface area (Å²) >= 11 is 0. The zero-order valence-electron chi connectivity index (χ0n) is 15.4. The molecule has 6 nitrogen and oxygen atoms in total. The number of sulfonamides is 1. The summed E-state index contributed by atoms with van der Waals surface area (Å²) in [6, 6.07) is 14.4. The van der Waals surface area contributed by atoms with Crippen LogP contribution in [0.15, 0.2) is 70.6 Å².